The molecule has 0 atom stereocenters. The minimum absolute atomic E-state index is 0.912. The smallest absolute Gasteiger partial charge is 0.136 e. The van der Waals surface area contributed by atoms with E-state index in [2.05, 4.69) is 170 Å². The van der Waals surface area contributed by atoms with Crippen molar-refractivity contribution >= 4 is 86.6 Å². The van der Waals surface area contributed by atoms with Crippen molar-refractivity contribution < 1.29 is 4.42 Å². The van der Waals surface area contributed by atoms with Crippen LogP contribution in [0.1, 0.15) is 0 Å². The zero-order valence-electron chi connectivity index (χ0n) is 26.6. The van der Waals surface area contributed by atoms with Crippen LogP contribution in [0.2, 0.25) is 0 Å². The normalized spacial score (nSPS) is 12.1. The first-order valence-corrected chi connectivity index (χ1v) is 16.9. The number of rotatable bonds is 2. The molecule has 11 rings (SSSR count). The molecule has 0 aliphatic carbocycles. The highest BCUT2D eigenvalue weighted by Crippen LogP contribution is 2.47. The van der Waals surface area contributed by atoms with Crippen LogP contribution in [0.5, 0.6) is 0 Å². The minimum atomic E-state index is 0.912. The Morgan fingerprint density at radius 3 is 1.41 bits per heavy atom. The lowest BCUT2D eigenvalue weighted by atomic mass is 9.83. The predicted molar refractivity (Wildman–Crippen MR) is 210 cm³/mol. The van der Waals surface area contributed by atoms with Gasteiger partial charge in [0.1, 0.15) is 11.2 Å². The maximum atomic E-state index is 6.41. The molecule has 0 N–H and O–H groups in total. The number of fused-ring (bicyclic) bond motifs is 10. The van der Waals surface area contributed by atoms with Crippen LogP contribution in [0.25, 0.3) is 109 Å². The van der Waals surface area contributed by atoms with Crippen LogP contribution in [0, 0.1) is 0 Å². The van der Waals surface area contributed by atoms with Gasteiger partial charge in [0.15, 0.2) is 0 Å². The third-order valence-corrected chi connectivity index (χ3v) is 10.6. The number of hydrogen-bond donors (Lipinski definition) is 0. The highest BCUT2D eigenvalue weighted by molar-refractivity contribution is 6.26. The summed E-state index contributed by atoms with van der Waals surface area (Å²) in [4.78, 5) is 0. The van der Waals surface area contributed by atoms with E-state index < -0.39 is 0 Å². The van der Waals surface area contributed by atoms with Crippen molar-refractivity contribution in [1.29, 1.82) is 0 Å². The van der Waals surface area contributed by atoms with Gasteiger partial charge in [-0.05, 0) is 129 Å². The topological polar surface area (TPSA) is 13.1 Å². The van der Waals surface area contributed by atoms with Gasteiger partial charge >= 0.3 is 0 Å². The van der Waals surface area contributed by atoms with Gasteiger partial charge in [0, 0.05) is 10.8 Å². The molecule has 0 spiro atoms. The Morgan fingerprint density at radius 2 is 0.755 bits per heavy atom. The van der Waals surface area contributed by atoms with E-state index in [1.165, 1.54) is 86.9 Å². The molecule has 0 unspecified atom stereocenters. The minimum Gasteiger partial charge on any atom is -0.456 e. The van der Waals surface area contributed by atoms with Crippen LogP contribution < -0.4 is 0 Å². The van der Waals surface area contributed by atoms with Crippen LogP contribution in [0.15, 0.2) is 174 Å². The zero-order valence-corrected chi connectivity index (χ0v) is 26.6. The van der Waals surface area contributed by atoms with E-state index in [4.69, 9.17) is 4.42 Å². The summed E-state index contributed by atoms with van der Waals surface area (Å²) < 4.78 is 6.41. The lowest BCUT2D eigenvalue weighted by Crippen LogP contribution is -1.92. The molecule has 1 nitrogen and oxygen atoms in total. The summed E-state index contributed by atoms with van der Waals surface area (Å²) in [5.74, 6) is 0. The molecule has 11 aromatic rings. The average Bonchev–Trinajstić information content (AvgIpc) is 3.51. The number of furan rings is 1. The Balaban J connectivity index is 1.24. The Bertz CT molecular complexity index is 3100. The molecule has 1 heteroatoms. The second-order valence-electron chi connectivity index (χ2n) is 13.2. The standard InChI is InChI=1S/C48H28O/c1-2-12-30-24-41-34(23-29(30)11-1)27-44(36-16-6-5-15-35(36)41)48-39-19-9-7-17-37(39)47(38-18-8-10-20-40(38)48)33-21-22-45-42(26-33)43-25-31-13-3-4-14-32(31)28-46(43)49-45/h1-28H. The molecule has 0 aliphatic rings. The second kappa shape index (κ2) is 10.0. The van der Waals surface area contributed by atoms with E-state index in [0.717, 1.165) is 21.9 Å². The Labute approximate surface area is 282 Å². The van der Waals surface area contributed by atoms with Crippen molar-refractivity contribution in [3.63, 3.8) is 0 Å². The molecule has 0 fully saturated rings. The Morgan fingerprint density at radius 1 is 0.265 bits per heavy atom. The quantitative estimate of drug-likeness (QED) is 0.138. The second-order valence-corrected chi connectivity index (χ2v) is 13.2. The van der Waals surface area contributed by atoms with Gasteiger partial charge in [-0.2, -0.15) is 0 Å². The van der Waals surface area contributed by atoms with Crippen LogP contribution in [-0.4, -0.2) is 0 Å². The third-order valence-electron chi connectivity index (χ3n) is 10.6. The van der Waals surface area contributed by atoms with E-state index in [1.54, 1.807) is 0 Å². The van der Waals surface area contributed by atoms with E-state index in [-0.39, 0.29) is 0 Å². The lowest BCUT2D eigenvalue weighted by Gasteiger charge is -2.20. The highest BCUT2D eigenvalue weighted by Gasteiger charge is 2.20. The molecular weight excluding hydrogens is 593 g/mol. The van der Waals surface area contributed by atoms with Gasteiger partial charge < -0.3 is 4.42 Å². The van der Waals surface area contributed by atoms with Crippen molar-refractivity contribution in [3.05, 3.63) is 170 Å². The molecule has 0 aliphatic heterocycles. The van der Waals surface area contributed by atoms with E-state index in [9.17, 15) is 0 Å². The maximum absolute atomic E-state index is 6.41. The number of benzene rings is 10. The Hall–Kier alpha value is -6.44. The molecule has 0 radical (unpaired) electrons. The summed E-state index contributed by atoms with van der Waals surface area (Å²) in [6, 6.07) is 62.3. The molecule has 226 valence electrons. The van der Waals surface area contributed by atoms with Crippen LogP contribution in [-0.2, 0) is 0 Å². The monoisotopic (exact) mass is 620 g/mol. The fraction of sp³-hybridized carbons (Fsp3) is 0. The fourth-order valence-corrected chi connectivity index (χ4v) is 8.35. The van der Waals surface area contributed by atoms with Gasteiger partial charge in [-0.1, -0.05) is 127 Å². The van der Waals surface area contributed by atoms with Crippen LogP contribution >= 0.6 is 0 Å². The Kier molecular flexibility index (Phi) is 5.45. The molecular formula is C48H28O. The average molecular weight is 621 g/mol. The number of hydrogen-bond acceptors (Lipinski definition) is 1. The molecule has 0 saturated heterocycles. The highest BCUT2D eigenvalue weighted by atomic mass is 16.3. The van der Waals surface area contributed by atoms with Crippen molar-refractivity contribution in [2.24, 2.45) is 0 Å². The van der Waals surface area contributed by atoms with Gasteiger partial charge in [-0.3, -0.25) is 0 Å². The molecule has 0 saturated carbocycles. The summed E-state index contributed by atoms with van der Waals surface area (Å²) in [7, 11) is 0. The molecule has 10 aromatic carbocycles. The molecule has 0 amide bonds. The summed E-state index contributed by atoms with van der Waals surface area (Å²) in [6.45, 7) is 0. The first-order valence-electron chi connectivity index (χ1n) is 16.9. The van der Waals surface area contributed by atoms with Gasteiger partial charge in [0.05, 0.1) is 0 Å². The first kappa shape index (κ1) is 26.6. The molecule has 1 aromatic heterocycles. The molecule has 0 bridgehead atoms. The first-order chi connectivity index (χ1) is 24.3. The zero-order chi connectivity index (χ0) is 32.1. The largest absolute Gasteiger partial charge is 0.456 e. The molecule has 49 heavy (non-hydrogen) atoms. The van der Waals surface area contributed by atoms with Gasteiger partial charge in [0.25, 0.3) is 0 Å². The summed E-state index contributed by atoms with van der Waals surface area (Å²) >= 11 is 0. The van der Waals surface area contributed by atoms with Crippen molar-refractivity contribution in [1.82, 2.24) is 0 Å². The van der Waals surface area contributed by atoms with Gasteiger partial charge in [-0.25, -0.2) is 0 Å². The van der Waals surface area contributed by atoms with E-state index >= 15 is 0 Å². The van der Waals surface area contributed by atoms with Gasteiger partial charge in [-0.15, -0.1) is 0 Å². The summed E-state index contributed by atoms with van der Waals surface area (Å²) in [5, 5.41) is 17.3. The maximum Gasteiger partial charge on any atom is 0.136 e. The van der Waals surface area contributed by atoms with E-state index in [0.29, 0.717) is 0 Å². The van der Waals surface area contributed by atoms with Crippen molar-refractivity contribution in [3.8, 4) is 22.3 Å². The van der Waals surface area contributed by atoms with Crippen LogP contribution in [0.3, 0.4) is 0 Å². The van der Waals surface area contributed by atoms with E-state index in [1.807, 2.05) is 0 Å². The predicted octanol–water partition coefficient (Wildman–Crippen LogP) is 13.8. The van der Waals surface area contributed by atoms with Crippen LogP contribution in [0.4, 0.5) is 0 Å². The molecule has 1 heterocycles. The third kappa shape index (κ3) is 3.87. The SMILES string of the molecule is c1ccc2cc3c(cc(-c4c5ccccc5c(-c5ccc6oc7cc8ccccc8cc7c6c5)c5ccccc45)c4ccccc43)cc2c1. The summed E-state index contributed by atoms with van der Waals surface area (Å²) in [6.07, 6.45) is 0. The summed E-state index contributed by atoms with van der Waals surface area (Å²) in [5.41, 5.74) is 6.82. The van der Waals surface area contributed by atoms with Crippen molar-refractivity contribution in [2.45, 2.75) is 0 Å². The lowest BCUT2D eigenvalue weighted by molar-refractivity contribution is 0.669. The fourth-order valence-electron chi connectivity index (χ4n) is 8.35. The van der Waals surface area contributed by atoms with Gasteiger partial charge in [0.2, 0.25) is 0 Å². The van der Waals surface area contributed by atoms with Crippen molar-refractivity contribution in [2.75, 3.05) is 0 Å².